The molecule has 2 aliphatic heterocycles. The molecule has 0 unspecified atom stereocenters. The van der Waals surface area contributed by atoms with Gasteiger partial charge in [-0.25, -0.2) is 0 Å². The summed E-state index contributed by atoms with van der Waals surface area (Å²) in [4.78, 5) is 0. The quantitative estimate of drug-likeness (QED) is 0.752. The minimum atomic E-state index is -1.86. The van der Waals surface area contributed by atoms with Gasteiger partial charge in [0.1, 0.15) is 6.10 Å². The summed E-state index contributed by atoms with van der Waals surface area (Å²) in [7, 11) is 0. The topological polar surface area (TPSA) is 114 Å². The number of nitrogens with zero attached hydrogens (tertiary/aromatic N) is 3. The summed E-state index contributed by atoms with van der Waals surface area (Å²) < 4.78 is 12.9. The first-order valence-electron chi connectivity index (χ1n) is 8.45. The average Bonchev–Trinajstić information content (AvgIpc) is 2.86. The van der Waals surface area contributed by atoms with E-state index in [-0.39, 0.29) is 5.90 Å². The van der Waals surface area contributed by atoms with Crippen molar-refractivity contribution in [1.29, 1.82) is 21.2 Å². The Morgan fingerprint density at radius 1 is 1.15 bits per heavy atom. The fourth-order valence-electron chi connectivity index (χ4n) is 4.83. The van der Waals surface area contributed by atoms with Crippen LogP contribution in [0.25, 0.3) is 0 Å². The molecule has 2 saturated heterocycles. The Balaban J connectivity index is 2.01. The van der Waals surface area contributed by atoms with E-state index in [0.29, 0.717) is 18.4 Å². The van der Waals surface area contributed by atoms with E-state index in [9.17, 15) is 15.8 Å². The van der Waals surface area contributed by atoms with Gasteiger partial charge >= 0.3 is 0 Å². The van der Waals surface area contributed by atoms with Crippen LogP contribution in [0.15, 0.2) is 28.7 Å². The summed E-state index contributed by atoms with van der Waals surface area (Å²) >= 11 is 3.41. The van der Waals surface area contributed by atoms with Crippen molar-refractivity contribution < 1.29 is 9.47 Å². The molecule has 1 aromatic carbocycles. The maximum atomic E-state index is 10.2. The molecule has 0 amide bonds. The van der Waals surface area contributed by atoms with Gasteiger partial charge in [-0.1, -0.05) is 34.5 Å². The van der Waals surface area contributed by atoms with Crippen LogP contribution >= 0.6 is 15.9 Å². The Hall–Kier alpha value is -2.40. The van der Waals surface area contributed by atoms with Crippen molar-refractivity contribution in [2.24, 2.45) is 16.7 Å². The zero-order valence-electron chi connectivity index (χ0n) is 13.8. The number of benzene rings is 1. The van der Waals surface area contributed by atoms with Crippen LogP contribution in [0.2, 0.25) is 0 Å². The van der Waals surface area contributed by atoms with Crippen LogP contribution in [0, 0.1) is 56.2 Å². The van der Waals surface area contributed by atoms with E-state index >= 15 is 0 Å². The molecule has 4 rings (SSSR count). The summed E-state index contributed by atoms with van der Waals surface area (Å²) in [5.74, 6) is -1.92. The highest BCUT2D eigenvalue weighted by Crippen LogP contribution is 2.69. The van der Waals surface area contributed by atoms with Crippen LogP contribution in [0.5, 0.6) is 0 Å². The fourth-order valence-corrected chi connectivity index (χ4v) is 5.25. The maximum absolute atomic E-state index is 10.2. The molecular formula is C19H15BrN4O2. The van der Waals surface area contributed by atoms with Gasteiger partial charge < -0.3 is 9.47 Å². The van der Waals surface area contributed by atoms with E-state index in [1.54, 1.807) is 18.2 Å². The molecule has 26 heavy (non-hydrogen) atoms. The minimum Gasteiger partial charge on any atom is -0.447 e. The van der Waals surface area contributed by atoms with E-state index in [4.69, 9.17) is 14.9 Å². The van der Waals surface area contributed by atoms with Crippen LogP contribution in [-0.2, 0) is 9.47 Å². The monoisotopic (exact) mass is 410 g/mol. The molecule has 7 heteroatoms. The smallest absolute Gasteiger partial charge is 0.217 e. The molecule has 0 spiro atoms. The molecule has 1 aromatic rings. The van der Waals surface area contributed by atoms with Gasteiger partial charge in [0.25, 0.3) is 0 Å². The first-order valence-corrected chi connectivity index (χ1v) is 9.24. The van der Waals surface area contributed by atoms with E-state index < -0.39 is 28.6 Å². The van der Waals surface area contributed by atoms with Crippen LogP contribution < -0.4 is 0 Å². The lowest BCUT2D eigenvalue weighted by Crippen LogP contribution is -2.60. The van der Waals surface area contributed by atoms with Gasteiger partial charge in [-0.3, -0.25) is 5.41 Å². The number of halogens is 1. The van der Waals surface area contributed by atoms with Crippen molar-refractivity contribution in [2.45, 2.75) is 37.6 Å². The summed E-state index contributed by atoms with van der Waals surface area (Å²) in [5.41, 5.74) is -2.88. The zero-order valence-corrected chi connectivity index (χ0v) is 15.4. The van der Waals surface area contributed by atoms with Gasteiger partial charge in [-0.15, -0.1) is 0 Å². The molecule has 130 valence electrons. The molecule has 2 bridgehead atoms. The van der Waals surface area contributed by atoms with E-state index in [1.165, 1.54) is 0 Å². The lowest BCUT2D eigenvalue weighted by Gasteiger charge is -2.51. The molecule has 1 aliphatic carbocycles. The van der Waals surface area contributed by atoms with Crippen molar-refractivity contribution >= 4 is 21.8 Å². The summed E-state index contributed by atoms with van der Waals surface area (Å²) in [6, 6.07) is 13.5. The Morgan fingerprint density at radius 2 is 1.92 bits per heavy atom. The highest BCUT2D eigenvalue weighted by molar-refractivity contribution is 9.10. The number of rotatable bonds is 1. The van der Waals surface area contributed by atoms with Crippen LogP contribution in [0.1, 0.15) is 37.4 Å². The van der Waals surface area contributed by atoms with Crippen LogP contribution in [-0.4, -0.2) is 11.7 Å². The van der Waals surface area contributed by atoms with Gasteiger partial charge in [0, 0.05) is 10.9 Å². The highest BCUT2D eigenvalue weighted by Gasteiger charge is 2.80. The van der Waals surface area contributed by atoms with Crippen molar-refractivity contribution in [1.82, 2.24) is 0 Å². The first kappa shape index (κ1) is 17.0. The SMILES string of the molecule is N#CC1(C#N)[C@H](c2cccc(Br)c2)O[C@@]23CCCC[C@H]2[C@]1(C#N)C(=N)O3. The zero-order chi connectivity index (χ0) is 18.6. The second-order valence-corrected chi connectivity index (χ2v) is 7.96. The van der Waals surface area contributed by atoms with E-state index in [2.05, 4.69) is 34.1 Å². The highest BCUT2D eigenvalue weighted by atomic mass is 79.9. The number of nitriles is 3. The molecule has 2 heterocycles. The van der Waals surface area contributed by atoms with Crippen LogP contribution in [0.4, 0.5) is 0 Å². The predicted octanol–water partition coefficient (Wildman–Crippen LogP) is 3.96. The van der Waals surface area contributed by atoms with Gasteiger partial charge in [0.15, 0.2) is 5.41 Å². The minimum absolute atomic E-state index is 0.313. The third kappa shape index (κ3) is 1.79. The van der Waals surface area contributed by atoms with Gasteiger partial charge in [0.2, 0.25) is 17.1 Å². The number of hydrogen-bond acceptors (Lipinski definition) is 6. The summed E-state index contributed by atoms with van der Waals surface area (Å²) in [5, 5.41) is 38.8. The lowest BCUT2D eigenvalue weighted by atomic mass is 9.51. The van der Waals surface area contributed by atoms with Crippen molar-refractivity contribution in [3.63, 3.8) is 0 Å². The number of hydrogen-bond donors (Lipinski definition) is 1. The lowest BCUT2D eigenvalue weighted by molar-refractivity contribution is -0.294. The largest absolute Gasteiger partial charge is 0.447 e. The maximum Gasteiger partial charge on any atom is 0.217 e. The summed E-state index contributed by atoms with van der Waals surface area (Å²) in [6.07, 6.45) is 1.85. The van der Waals surface area contributed by atoms with Crippen LogP contribution in [0.3, 0.4) is 0 Å². The van der Waals surface area contributed by atoms with Crippen molar-refractivity contribution in [3.05, 3.63) is 34.3 Å². The third-order valence-electron chi connectivity index (χ3n) is 5.97. The molecule has 3 fully saturated rings. The molecule has 6 nitrogen and oxygen atoms in total. The Bertz CT molecular complexity index is 913. The second-order valence-electron chi connectivity index (χ2n) is 7.05. The van der Waals surface area contributed by atoms with Gasteiger partial charge in [-0.2, -0.15) is 15.8 Å². The summed E-state index contributed by atoms with van der Waals surface area (Å²) in [6.45, 7) is 0. The average molecular weight is 411 g/mol. The normalized spacial score (nSPS) is 36.8. The molecule has 0 radical (unpaired) electrons. The Kier molecular flexibility index (Phi) is 3.63. The molecule has 1 saturated carbocycles. The van der Waals surface area contributed by atoms with Crippen molar-refractivity contribution in [2.75, 3.05) is 0 Å². The Morgan fingerprint density at radius 3 is 2.58 bits per heavy atom. The fraction of sp³-hybridized carbons (Fsp3) is 0.474. The molecule has 1 N–H and O–H groups in total. The third-order valence-corrected chi connectivity index (χ3v) is 6.46. The Labute approximate surface area is 159 Å². The molecular weight excluding hydrogens is 396 g/mol. The van der Waals surface area contributed by atoms with E-state index in [1.807, 2.05) is 6.07 Å². The first-order chi connectivity index (χ1) is 12.5. The predicted molar refractivity (Wildman–Crippen MR) is 93.2 cm³/mol. The van der Waals surface area contributed by atoms with Crippen molar-refractivity contribution in [3.8, 4) is 18.2 Å². The molecule has 3 aliphatic rings. The van der Waals surface area contributed by atoms with Gasteiger partial charge in [0.05, 0.1) is 24.1 Å². The van der Waals surface area contributed by atoms with E-state index in [0.717, 1.165) is 17.3 Å². The van der Waals surface area contributed by atoms with Gasteiger partial charge in [-0.05, 0) is 30.5 Å². The number of ether oxygens (including phenoxy) is 2. The molecule has 0 aromatic heterocycles. The second kappa shape index (κ2) is 5.55. The number of nitrogens with one attached hydrogen (secondary N) is 1. The standard InChI is InChI=1S/C19H15BrN4O2/c20-13-5-3-4-12(8-13)15-17(9-21,10-22)18(11-23)14-6-1-2-7-19(14,25-15)26-16(18)24/h3-5,8,14-15,24H,1-2,6-7H2/t14-,15-,18+,19+/m0/s1. The molecule has 4 atom stereocenters.